The van der Waals surface area contributed by atoms with Crippen molar-refractivity contribution >= 4 is 12.4 Å². The third kappa shape index (κ3) is 3.06. The summed E-state index contributed by atoms with van der Waals surface area (Å²) in [6.45, 7) is 2.19. The maximum atomic E-state index is 13.5. The van der Waals surface area contributed by atoms with Crippen LogP contribution in [0.2, 0.25) is 0 Å². The maximum Gasteiger partial charge on any atom is 0.118 e. The minimum Gasteiger partial charge on any atom is -0.318 e. The van der Waals surface area contributed by atoms with Crippen LogP contribution in [0.5, 0.6) is 0 Å². The van der Waals surface area contributed by atoms with Gasteiger partial charge in [-0.2, -0.15) is 0 Å². The molecule has 1 aliphatic rings. The first kappa shape index (κ1) is 13.9. The molecular formula is C16H25OP. The Kier molecular flexibility index (Phi) is 5.06. The second kappa shape index (κ2) is 6.57. The Morgan fingerprint density at radius 1 is 1.11 bits per heavy atom. The van der Waals surface area contributed by atoms with Crippen LogP contribution in [0, 0.1) is 0 Å². The third-order valence-electron chi connectivity index (χ3n) is 4.20. The highest BCUT2D eigenvalue weighted by molar-refractivity contribution is 7.72. The van der Waals surface area contributed by atoms with Crippen LogP contribution in [0.15, 0.2) is 30.3 Å². The molecule has 0 N–H and O–H groups in total. The minimum absolute atomic E-state index is 0.459. The molecule has 0 spiro atoms. The Hall–Kier alpha value is -0.550. The molecular weight excluding hydrogens is 239 g/mol. The quantitative estimate of drug-likeness (QED) is 0.698. The molecule has 0 amide bonds. The average molecular weight is 264 g/mol. The van der Waals surface area contributed by atoms with Crippen molar-refractivity contribution in [3.8, 4) is 0 Å². The number of hydrogen-bond donors (Lipinski definition) is 0. The van der Waals surface area contributed by atoms with Gasteiger partial charge in [-0.15, -0.1) is 0 Å². The summed E-state index contributed by atoms with van der Waals surface area (Å²) in [4.78, 5) is 0. The van der Waals surface area contributed by atoms with Crippen molar-refractivity contribution in [2.75, 3.05) is 6.16 Å². The van der Waals surface area contributed by atoms with E-state index in [4.69, 9.17) is 0 Å². The van der Waals surface area contributed by atoms with E-state index in [1.807, 2.05) is 18.2 Å². The lowest BCUT2D eigenvalue weighted by Crippen LogP contribution is -2.22. The molecule has 1 fully saturated rings. The fourth-order valence-electron chi connectivity index (χ4n) is 3.09. The van der Waals surface area contributed by atoms with Crippen molar-refractivity contribution in [2.45, 2.75) is 57.5 Å². The van der Waals surface area contributed by atoms with Gasteiger partial charge in [0.1, 0.15) is 7.14 Å². The van der Waals surface area contributed by atoms with E-state index in [1.165, 1.54) is 32.1 Å². The molecule has 2 rings (SSSR count). The molecule has 0 bridgehead atoms. The largest absolute Gasteiger partial charge is 0.318 e. The van der Waals surface area contributed by atoms with E-state index in [1.54, 1.807) is 0 Å². The van der Waals surface area contributed by atoms with Gasteiger partial charge in [-0.25, -0.2) is 0 Å². The Morgan fingerprint density at radius 3 is 2.39 bits per heavy atom. The lowest BCUT2D eigenvalue weighted by Gasteiger charge is -2.31. The summed E-state index contributed by atoms with van der Waals surface area (Å²) in [6.07, 6.45) is 9.39. The van der Waals surface area contributed by atoms with Crippen LogP contribution in [0.3, 0.4) is 0 Å². The van der Waals surface area contributed by atoms with Gasteiger partial charge in [0.2, 0.25) is 0 Å². The molecule has 0 heterocycles. The number of benzene rings is 1. The zero-order valence-electron chi connectivity index (χ0n) is 11.5. The van der Waals surface area contributed by atoms with Gasteiger partial charge in [0.05, 0.1) is 0 Å². The maximum absolute atomic E-state index is 13.5. The van der Waals surface area contributed by atoms with Crippen LogP contribution in [0.4, 0.5) is 0 Å². The third-order valence-corrected chi connectivity index (χ3v) is 8.05. The molecule has 0 saturated heterocycles. The molecule has 1 saturated carbocycles. The monoisotopic (exact) mass is 264 g/mol. The van der Waals surface area contributed by atoms with Gasteiger partial charge in [0, 0.05) is 17.1 Å². The molecule has 1 aliphatic carbocycles. The topological polar surface area (TPSA) is 17.1 Å². The highest BCUT2D eigenvalue weighted by atomic mass is 31.2. The van der Waals surface area contributed by atoms with Gasteiger partial charge in [-0.3, -0.25) is 0 Å². The molecule has 100 valence electrons. The van der Waals surface area contributed by atoms with Crippen LogP contribution in [-0.2, 0) is 4.57 Å². The summed E-state index contributed by atoms with van der Waals surface area (Å²) in [6, 6.07) is 10.3. The van der Waals surface area contributed by atoms with E-state index in [2.05, 4.69) is 19.1 Å². The summed E-state index contributed by atoms with van der Waals surface area (Å²) in [5.74, 6) is 0. The van der Waals surface area contributed by atoms with Gasteiger partial charge in [-0.05, 0) is 19.3 Å². The Labute approximate surface area is 111 Å². The highest BCUT2D eigenvalue weighted by Crippen LogP contribution is 2.55. The van der Waals surface area contributed by atoms with Gasteiger partial charge >= 0.3 is 0 Å². The molecule has 1 nitrogen and oxygen atoms in total. The van der Waals surface area contributed by atoms with E-state index >= 15 is 0 Å². The fraction of sp³-hybridized carbons (Fsp3) is 0.625. The van der Waals surface area contributed by atoms with E-state index in [0.29, 0.717) is 5.66 Å². The summed E-state index contributed by atoms with van der Waals surface area (Å²) < 4.78 is 13.5. The van der Waals surface area contributed by atoms with Crippen molar-refractivity contribution in [3.05, 3.63) is 30.3 Å². The van der Waals surface area contributed by atoms with Crippen molar-refractivity contribution in [3.63, 3.8) is 0 Å². The summed E-state index contributed by atoms with van der Waals surface area (Å²) in [7, 11) is -2.16. The molecule has 1 unspecified atom stereocenters. The van der Waals surface area contributed by atoms with E-state index < -0.39 is 7.14 Å². The first-order valence-corrected chi connectivity index (χ1v) is 9.38. The lowest BCUT2D eigenvalue weighted by molar-refractivity contribution is 0.485. The van der Waals surface area contributed by atoms with Gasteiger partial charge in [0.25, 0.3) is 0 Å². The van der Waals surface area contributed by atoms with Crippen molar-refractivity contribution in [1.82, 2.24) is 0 Å². The predicted molar refractivity (Wildman–Crippen MR) is 80.3 cm³/mol. The summed E-state index contributed by atoms with van der Waals surface area (Å²) >= 11 is 0. The molecule has 2 heteroatoms. The van der Waals surface area contributed by atoms with E-state index in [0.717, 1.165) is 24.3 Å². The van der Waals surface area contributed by atoms with E-state index in [-0.39, 0.29) is 0 Å². The van der Waals surface area contributed by atoms with Crippen LogP contribution in [0.1, 0.15) is 51.9 Å². The molecule has 1 aromatic carbocycles. The lowest BCUT2D eigenvalue weighted by atomic mass is 10.0. The first-order chi connectivity index (χ1) is 8.77. The Morgan fingerprint density at radius 2 is 1.78 bits per heavy atom. The fourth-order valence-corrected chi connectivity index (χ4v) is 6.80. The normalized spacial score (nSPS) is 20.5. The number of hydrogen-bond acceptors (Lipinski definition) is 1. The molecule has 18 heavy (non-hydrogen) atoms. The average Bonchev–Trinajstić information content (AvgIpc) is 2.46. The second-order valence-electron chi connectivity index (χ2n) is 5.50. The molecule has 0 aliphatic heterocycles. The number of unbranched alkanes of at least 4 members (excludes halogenated alkanes) is 1. The summed E-state index contributed by atoms with van der Waals surface area (Å²) in [5.41, 5.74) is 0.459. The van der Waals surface area contributed by atoms with Gasteiger partial charge < -0.3 is 4.57 Å². The van der Waals surface area contributed by atoms with Crippen LogP contribution in [-0.4, -0.2) is 11.8 Å². The zero-order valence-corrected chi connectivity index (χ0v) is 12.4. The summed E-state index contributed by atoms with van der Waals surface area (Å²) in [5, 5.41) is 1.13. The second-order valence-corrected chi connectivity index (χ2v) is 8.79. The molecule has 0 radical (unpaired) electrons. The van der Waals surface area contributed by atoms with E-state index in [9.17, 15) is 4.57 Å². The van der Waals surface area contributed by atoms with Crippen molar-refractivity contribution in [2.24, 2.45) is 0 Å². The SMILES string of the molecule is CCCCP(=O)(c1ccccc1)C1CCCCC1. The molecule has 1 aromatic rings. The van der Waals surface area contributed by atoms with Crippen molar-refractivity contribution < 1.29 is 4.57 Å². The Bertz CT molecular complexity index is 393. The smallest absolute Gasteiger partial charge is 0.118 e. The Balaban J connectivity index is 2.24. The molecule has 1 atom stereocenters. The first-order valence-electron chi connectivity index (χ1n) is 7.41. The number of rotatable bonds is 5. The highest BCUT2D eigenvalue weighted by Gasteiger charge is 2.34. The molecule has 0 aromatic heterocycles. The van der Waals surface area contributed by atoms with Crippen molar-refractivity contribution in [1.29, 1.82) is 0 Å². The van der Waals surface area contributed by atoms with Crippen LogP contribution in [0.25, 0.3) is 0 Å². The van der Waals surface area contributed by atoms with Crippen LogP contribution >= 0.6 is 7.14 Å². The minimum atomic E-state index is -2.16. The zero-order chi connectivity index (χ0) is 12.8. The van der Waals surface area contributed by atoms with Crippen LogP contribution < -0.4 is 5.30 Å². The predicted octanol–water partition coefficient (Wildman–Crippen LogP) is 4.81. The van der Waals surface area contributed by atoms with Gasteiger partial charge in [0.15, 0.2) is 0 Å². The standard InChI is InChI=1S/C16H25OP/c1-2-3-14-18(17,15-10-6-4-7-11-15)16-12-8-5-9-13-16/h4,6-7,10-11,16H,2-3,5,8-9,12-14H2,1H3. The van der Waals surface area contributed by atoms with Gasteiger partial charge in [-0.1, -0.05) is 62.9 Å².